The number of hydrogen-bond donors (Lipinski definition) is 1. The number of ether oxygens (including phenoxy) is 2. The quantitative estimate of drug-likeness (QED) is 0.657. The predicted octanol–water partition coefficient (Wildman–Crippen LogP) is 1.45. The average molecular weight is 250 g/mol. The van der Waals surface area contributed by atoms with Gasteiger partial charge in [-0.15, -0.1) is 0 Å². The summed E-state index contributed by atoms with van der Waals surface area (Å²) in [5.41, 5.74) is -0.517. The summed E-state index contributed by atoms with van der Waals surface area (Å²) in [5.74, 6) is 0.130. The van der Waals surface area contributed by atoms with Gasteiger partial charge >= 0.3 is 5.69 Å². The van der Waals surface area contributed by atoms with Crippen LogP contribution in [-0.2, 0) is 0 Å². The third kappa shape index (κ3) is 1.65. The molecule has 1 aromatic heterocycles. The molecule has 0 aliphatic heterocycles. The Morgan fingerprint density at radius 2 is 2.06 bits per heavy atom. The molecule has 1 heterocycles. The van der Waals surface area contributed by atoms with E-state index < -0.39 is 16.0 Å². The maximum atomic E-state index is 11.8. The van der Waals surface area contributed by atoms with E-state index >= 15 is 0 Å². The second-order valence-electron chi connectivity index (χ2n) is 3.48. The smallest absolute Gasteiger partial charge is 0.328 e. The SMILES string of the molecule is COc1cc2[nH]ccc(=O)c2c([N+](=O)[O-])c1OC. The normalized spacial score (nSPS) is 10.3. The van der Waals surface area contributed by atoms with Crippen LogP contribution in [0.1, 0.15) is 0 Å². The van der Waals surface area contributed by atoms with Gasteiger partial charge in [0.25, 0.3) is 0 Å². The van der Waals surface area contributed by atoms with Crippen LogP contribution in [0.5, 0.6) is 11.5 Å². The number of nitro groups is 1. The monoisotopic (exact) mass is 250 g/mol. The molecule has 0 aliphatic rings. The average Bonchev–Trinajstić information content (AvgIpc) is 2.36. The number of aromatic nitrogens is 1. The number of nitro benzene ring substituents is 1. The fourth-order valence-electron chi connectivity index (χ4n) is 1.80. The molecule has 0 aliphatic carbocycles. The molecule has 0 bridgehead atoms. The minimum absolute atomic E-state index is 0.0276. The Morgan fingerprint density at radius 3 is 2.61 bits per heavy atom. The number of benzene rings is 1. The molecular weight excluding hydrogens is 240 g/mol. The molecule has 1 N–H and O–H groups in total. The second kappa shape index (κ2) is 4.36. The first-order valence-corrected chi connectivity index (χ1v) is 5.01. The van der Waals surface area contributed by atoms with E-state index in [0.29, 0.717) is 5.52 Å². The molecule has 0 unspecified atom stereocenters. The second-order valence-corrected chi connectivity index (χ2v) is 3.48. The highest BCUT2D eigenvalue weighted by atomic mass is 16.6. The zero-order chi connectivity index (χ0) is 13.3. The van der Waals surface area contributed by atoms with Crippen LogP contribution in [-0.4, -0.2) is 24.1 Å². The van der Waals surface area contributed by atoms with E-state index in [0.717, 1.165) is 0 Å². The van der Waals surface area contributed by atoms with Gasteiger partial charge < -0.3 is 14.5 Å². The molecule has 94 valence electrons. The van der Waals surface area contributed by atoms with Gasteiger partial charge in [0, 0.05) is 18.3 Å². The number of H-pyrrole nitrogens is 1. The summed E-state index contributed by atoms with van der Waals surface area (Å²) in [6, 6.07) is 2.71. The Hall–Kier alpha value is -2.57. The maximum absolute atomic E-state index is 11.8. The molecule has 18 heavy (non-hydrogen) atoms. The summed E-state index contributed by atoms with van der Waals surface area (Å²) in [6.45, 7) is 0. The lowest BCUT2D eigenvalue weighted by atomic mass is 10.1. The number of nitrogens with zero attached hydrogens (tertiary/aromatic N) is 1. The van der Waals surface area contributed by atoms with E-state index in [4.69, 9.17) is 9.47 Å². The molecule has 7 heteroatoms. The number of nitrogens with one attached hydrogen (secondary N) is 1. The fraction of sp³-hybridized carbons (Fsp3) is 0.182. The van der Waals surface area contributed by atoms with Gasteiger partial charge in [-0.3, -0.25) is 14.9 Å². The molecule has 0 saturated heterocycles. The van der Waals surface area contributed by atoms with Crippen LogP contribution in [0.15, 0.2) is 23.1 Å². The van der Waals surface area contributed by atoms with Crippen molar-refractivity contribution in [3.8, 4) is 11.5 Å². The number of aromatic amines is 1. The van der Waals surface area contributed by atoms with E-state index in [1.54, 1.807) is 0 Å². The zero-order valence-corrected chi connectivity index (χ0v) is 9.72. The van der Waals surface area contributed by atoms with Crippen LogP contribution < -0.4 is 14.9 Å². The van der Waals surface area contributed by atoms with Crippen LogP contribution in [0.4, 0.5) is 5.69 Å². The summed E-state index contributed by atoms with van der Waals surface area (Å²) in [4.78, 5) is 25.0. The highest BCUT2D eigenvalue weighted by molar-refractivity contribution is 5.93. The summed E-state index contributed by atoms with van der Waals surface area (Å²) in [6.07, 6.45) is 1.42. The lowest BCUT2D eigenvalue weighted by Crippen LogP contribution is -2.06. The van der Waals surface area contributed by atoms with Crippen molar-refractivity contribution in [2.75, 3.05) is 14.2 Å². The van der Waals surface area contributed by atoms with Gasteiger partial charge in [0.2, 0.25) is 5.75 Å². The lowest BCUT2D eigenvalue weighted by Gasteiger charge is -2.09. The van der Waals surface area contributed by atoms with Crippen LogP contribution in [0.3, 0.4) is 0 Å². The molecule has 0 atom stereocenters. The van der Waals surface area contributed by atoms with Crippen molar-refractivity contribution in [2.24, 2.45) is 0 Å². The maximum Gasteiger partial charge on any atom is 0.328 e. The molecule has 0 amide bonds. The Balaban J connectivity index is 3.03. The number of rotatable bonds is 3. The topological polar surface area (TPSA) is 94.5 Å². The van der Waals surface area contributed by atoms with Crippen LogP contribution >= 0.6 is 0 Å². The Kier molecular flexibility index (Phi) is 2.88. The first kappa shape index (κ1) is 11.9. The first-order valence-electron chi connectivity index (χ1n) is 5.01. The number of fused-ring (bicyclic) bond motifs is 1. The van der Waals surface area contributed by atoms with Crippen LogP contribution in [0.2, 0.25) is 0 Å². The highest BCUT2D eigenvalue weighted by Gasteiger charge is 2.26. The standard InChI is InChI=1S/C11H10N2O5/c1-17-8-5-6-9(7(14)3-4-12-6)10(13(15)16)11(8)18-2/h3-5H,1-2H3,(H,12,14). The van der Waals surface area contributed by atoms with E-state index in [1.807, 2.05) is 0 Å². The molecule has 2 aromatic rings. The zero-order valence-electron chi connectivity index (χ0n) is 9.72. The fourth-order valence-corrected chi connectivity index (χ4v) is 1.80. The van der Waals surface area contributed by atoms with Gasteiger partial charge in [-0.2, -0.15) is 0 Å². The lowest BCUT2D eigenvalue weighted by molar-refractivity contribution is -0.384. The summed E-state index contributed by atoms with van der Waals surface area (Å²) in [5, 5.41) is 11.1. The van der Waals surface area contributed by atoms with E-state index in [1.165, 1.54) is 32.5 Å². The van der Waals surface area contributed by atoms with Gasteiger partial charge in [-0.1, -0.05) is 0 Å². The molecule has 0 radical (unpaired) electrons. The summed E-state index contributed by atoms with van der Waals surface area (Å²) >= 11 is 0. The minimum Gasteiger partial charge on any atom is -0.493 e. The molecule has 2 rings (SSSR count). The number of methoxy groups -OCH3 is 2. The number of hydrogen-bond acceptors (Lipinski definition) is 5. The molecule has 7 nitrogen and oxygen atoms in total. The van der Waals surface area contributed by atoms with E-state index in [2.05, 4.69) is 4.98 Å². The minimum atomic E-state index is -0.654. The van der Waals surface area contributed by atoms with Crippen molar-refractivity contribution in [3.63, 3.8) is 0 Å². The molecule has 1 aromatic carbocycles. The van der Waals surface area contributed by atoms with E-state index in [-0.39, 0.29) is 16.9 Å². The van der Waals surface area contributed by atoms with Crippen molar-refractivity contribution in [1.82, 2.24) is 4.98 Å². The molecular formula is C11H10N2O5. The Bertz CT molecular complexity index is 677. The van der Waals surface area contributed by atoms with Crippen molar-refractivity contribution in [1.29, 1.82) is 0 Å². The van der Waals surface area contributed by atoms with Gasteiger partial charge in [0.1, 0.15) is 5.39 Å². The van der Waals surface area contributed by atoms with Crippen molar-refractivity contribution in [3.05, 3.63) is 38.7 Å². The van der Waals surface area contributed by atoms with Crippen LogP contribution in [0, 0.1) is 10.1 Å². The van der Waals surface area contributed by atoms with E-state index in [9.17, 15) is 14.9 Å². The summed E-state index contributed by atoms with van der Waals surface area (Å²) in [7, 11) is 2.66. The largest absolute Gasteiger partial charge is 0.493 e. The Labute approximate surface area is 101 Å². The third-order valence-electron chi connectivity index (χ3n) is 2.55. The van der Waals surface area contributed by atoms with Crippen molar-refractivity contribution < 1.29 is 14.4 Å². The van der Waals surface area contributed by atoms with Gasteiger partial charge in [-0.05, 0) is 0 Å². The van der Waals surface area contributed by atoms with Gasteiger partial charge in [0.15, 0.2) is 11.2 Å². The van der Waals surface area contributed by atoms with Gasteiger partial charge in [0.05, 0.1) is 24.7 Å². The molecule has 0 spiro atoms. The van der Waals surface area contributed by atoms with Crippen LogP contribution in [0.25, 0.3) is 10.9 Å². The highest BCUT2D eigenvalue weighted by Crippen LogP contribution is 2.40. The van der Waals surface area contributed by atoms with Crippen molar-refractivity contribution >= 4 is 16.6 Å². The van der Waals surface area contributed by atoms with Crippen molar-refractivity contribution in [2.45, 2.75) is 0 Å². The number of pyridine rings is 1. The summed E-state index contributed by atoms with van der Waals surface area (Å²) < 4.78 is 10.00. The van der Waals surface area contributed by atoms with Gasteiger partial charge in [-0.25, -0.2) is 0 Å². The first-order chi connectivity index (χ1) is 8.60. The predicted molar refractivity (Wildman–Crippen MR) is 64.3 cm³/mol. The molecule has 0 fully saturated rings. The molecule has 0 saturated carbocycles. The Morgan fingerprint density at radius 1 is 1.33 bits per heavy atom. The third-order valence-corrected chi connectivity index (χ3v) is 2.55.